The number of hydrogen-bond donors (Lipinski definition) is 0. The Kier molecular flexibility index (Phi) is 24.7. The van der Waals surface area contributed by atoms with Crippen LogP contribution in [0.1, 0.15) is 34.6 Å². The third-order valence-electron chi connectivity index (χ3n) is 1.37. The summed E-state index contributed by atoms with van der Waals surface area (Å²) in [5.41, 5.74) is 0. The van der Waals surface area contributed by atoms with Crippen molar-refractivity contribution in [2.45, 2.75) is 34.6 Å². The van der Waals surface area contributed by atoms with Crippen molar-refractivity contribution in [1.82, 2.24) is 0 Å². The highest BCUT2D eigenvalue weighted by atomic mass is 16.5. The molecular formula is C17H28O. The monoisotopic (exact) mass is 248 g/mol. The summed E-state index contributed by atoms with van der Waals surface area (Å²) >= 11 is 0. The molecule has 0 aliphatic rings. The van der Waals surface area contributed by atoms with Crippen molar-refractivity contribution in [1.29, 1.82) is 0 Å². The normalized spacial score (nSPS) is 10.5. The summed E-state index contributed by atoms with van der Waals surface area (Å²) in [6, 6.07) is 0. The average Bonchev–Trinajstić information content (AvgIpc) is 2.46. The van der Waals surface area contributed by atoms with Gasteiger partial charge in [-0.1, -0.05) is 65.7 Å². The van der Waals surface area contributed by atoms with Crippen LogP contribution in [0.3, 0.4) is 0 Å². The lowest BCUT2D eigenvalue weighted by atomic mass is 10.3. The van der Waals surface area contributed by atoms with E-state index in [9.17, 15) is 0 Å². The van der Waals surface area contributed by atoms with E-state index in [0.717, 1.165) is 0 Å². The van der Waals surface area contributed by atoms with E-state index in [2.05, 4.69) is 19.7 Å². The van der Waals surface area contributed by atoms with Crippen molar-refractivity contribution in [3.05, 3.63) is 73.8 Å². The zero-order valence-electron chi connectivity index (χ0n) is 12.6. The van der Waals surface area contributed by atoms with Gasteiger partial charge in [-0.25, -0.2) is 0 Å². The zero-order chi connectivity index (χ0) is 14.8. The molecule has 0 aromatic heterocycles. The van der Waals surface area contributed by atoms with Crippen molar-refractivity contribution in [2.24, 2.45) is 0 Å². The van der Waals surface area contributed by atoms with E-state index in [1.54, 1.807) is 24.3 Å². The predicted molar refractivity (Wildman–Crippen MR) is 85.4 cm³/mol. The van der Waals surface area contributed by atoms with Crippen LogP contribution in [0.4, 0.5) is 0 Å². The van der Waals surface area contributed by atoms with Crippen LogP contribution in [0.15, 0.2) is 73.8 Å². The second-order valence-electron chi connectivity index (χ2n) is 2.41. The molecule has 0 spiro atoms. The van der Waals surface area contributed by atoms with Crippen LogP contribution in [-0.4, -0.2) is 0 Å². The molecule has 0 radical (unpaired) electrons. The molecule has 0 fully saturated rings. The van der Waals surface area contributed by atoms with E-state index in [4.69, 9.17) is 4.74 Å². The fraction of sp³-hybridized carbons (Fsp3) is 0.294. The van der Waals surface area contributed by atoms with Crippen LogP contribution in [0.5, 0.6) is 0 Å². The van der Waals surface area contributed by atoms with Gasteiger partial charge in [0.25, 0.3) is 0 Å². The van der Waals surface area contributed by atoms with Gasteiger partial charge in [-0.2, -0.15) is 0 Å². The second kappa shape index (κ2) is 20.6. The smallest absolute Gasteiger partial charge is 0.126 e. The molecule has 102 valence electrons. The molecule has 1 nitrogen and oxygen atoms in total. The zero-order valence-corrected chi connectivity index (χ0v) is 12.6. The molecule has 0 bridgehead atoms. The Morgan fingerprint density at radius 1 is 0.833 bits per heavy atom. The summed E-state index contributed by atoms with van der Waals surface area (Å²) < 4.78 is 5.46. The van der Waals surface area contributed by atoms with Gasteiger partial charge in [0.1, 0.15) is 11.5 Å². The summed E-state index contributed by atoms with van der Waals surface area (Å²) in [6.07, 6.45) is 12.3. The fourth-order valence-electron chi connectivity index (χ4n) is 0.731. The average molecular weight is 248 g/mol. The lowest BCUT2D eigenvalue weighted by molar-refractivity contribution is 0.337. The molecule has 0 rings (SSSR count). The van der Waals surface area contributed by atoms with Gasteiger partial charge in [0.15, 0.2) is 0 Å². The number of hydrogen-bond acceptors (Lipinski definition) is 1. The molecule has 0 aromatic carbocycles. The molecule has 0 N–H and O–H groups in total. The van der Waals surface area contributed by atoms with Crippen LogP contribution in [0.2, 0.25) is 0 Å². The minimum atomic E-state index is 0.649. The molecule has 0 saturated carbocycles. The van der Waals surface area contributed by atoms with E-state index < -0.39 is 0 Å². The van der Waals surface area contributed by atoms with Crippen LogP contribution in [0, 0.1) is 0 Å². The lowest BCUT2D eigenvalue weighted by Crippen LogP contribution is -1.87. The summed E-state index contributed by atoms with van der Waals surface area (Å²) in [5.74, 6) is 1.33. The second-order valence-corrected chi connectivity index (χ2v) is 2.41. The highest BCUT2D eigenvalue weighted by Crippen LogP contribution is 2.08. The topological polar surface area (TPSA) is 9.23 Å². The SMILES string of the molecule is C=C/C=C(\C=C)O/C(C=C)=C/C=C\C.CC.CC. The maximum atomic E-state index is 5.46. The molecule has 0 aromatic rings. The van der Waals surface area contributed by atoms with Gasteiger partial charge in [0.05, 0.1) is 0 Å². The van der Waals surface area contributed by atoms with Crippen molar-refractivity contribution in [2.75, 3.05) is 0 Å². The van der Waals surface area contributed by atoms with E-state index in [1.807, 2.05) is 52.8 Å². The van der Waals surface area contributed by atoms with Gasteiger partial charge in [-0.3, -0.25) is 0 Å². The van der Waals surface area contributed by atoms with E-state index in [0.29, 0.717) is 11.5 Å². The largest absolute Gasteiger partial charge is 0.457 e. The molecule has 0 atom stereocenters. The molecule has 1 heteroatoms. The number of rotatable bonds is 6. The summed E-state index contributed by atoms with van der Waals surface area (Å²) in [4.78, 5) is 0. The molecule has 0 aliphatic carbocycles. The fourth-order valence-corrected chi connectivity index (χ4v) is 0.731. The van der Waals surface area contributed by atoms with Crippen molar-refractivity contribution < 1.29 is 4.74 Å². The Hall–Kier alpha value is -1.76. The Labute approximate surface area is 114 Å². The van der Waals surface area contributed by atoms with Gasteiger partial charge < -0.3 is 4.74 Å². The van der Waals surface area contributed by atoms with Crippen LogP contribution < -0.4 is 0 Å². The quantitative estimate of drug-likeness (QED) is 0.416. The molecule has 0 heterocycles. The van der Waals surface area contributed by atoms with Gasteiger partial charge >= 0.3 is 0 Å². The number of allylic oxidation sites excluding steroid dienone is 7. The van der Waals surface area contributed by atoms with Gasteiger partial charge in [0, 0.05) is 0 Å². The van der Waals surface area contributed by atoms with Crippen molar-refractivity contribution >= 4 is 0 Å². The summed E-state index contributed by atoms with van der Waals surface area (Å²) in [5, 5.41) is 0. The van der Waals surface area contributed by atoms with Gasteiger partial charge in [-0.15, -0.1) is 0 Å². The Balaban J connectivity index is -0.000000506. The highest BCUT2D eigenvalue weighted by molar-refractivity contribution is 5.23. The van der Waals surface area contributed by atoms with Gasteiger partial charge in [-0.05, 0) is 31.2 Å². The van der Waals surface area contributed by atoms with Crippen LogP contribution in [-0.2, 0) is 4.74 Å². The Morgan fingerprint density at radius 3 is 1.61 bits per heavy atom. The first-order chi connectivity index (χ1) is 8.78. The standard InChI is InChI=1S/C13H16O.2C2H6/c1-5-9-11-13(8-4)14-12(7-3)10-6-2;2*1-2/h5-11H,2-4H2,1H3;2*1-2H3/b9-5-,12-10+,13-11+;;. The molecule has 0 aliphatic heterocycles. The maximum absolute atomic E-state index is 5.46. The Bertz CT molecular complexity index is 291. The predicted octanol–water partition coefficient (Wildman–Crippen LogP) is 5.96. The molecule has 0 saturated heterocycles. The minimum absolute atomic E-state index is 0.649. The molecular weight excluding hydrogens is 220 g/mol. The third kappa shape index (κ3) is 14.2. The van der Waals surface area contributed by atoms with Crippen molar-refractivity contribution in [3.8, 4) is 0 Å². The summed E-state index contributed by atoms with van der Waals surface area (Å²) in [6.45, 7) is 20.8. The Morgan fingerprint density at radius 2 is 1.28 bits per heavy atom. The third-order valence-corrected chi connectivity index (χ3v) is 1.37. The van der Waals surface area contributed by atoms with Crippen molar-refractivity contribution in [3.63, 3.8) is 0 Å². The molecule has 0 amide bonds. The highest BCUT2D eigenvalue weighted by Gasteiger charge is 1.93. The maximum Gasteiger partial charge on any atom is 0.126 e. The molecule has 0 unspecified atom stereocenters. The van der Waals surface area contributed by atoms with E-state index in [1.165, 1.54) is 0 Å². The first-order valence-electron chi connectivity index (χ1n) is 6.37. The van der Waals surface area contributed by atoms with Crippen LogP contribution >= 0.6 is 0 Å². The lowest BCUT2D eigenvalue weighted by Gasteiger charge is -2.05. The molecule has 18 heavy (non-hydrogen) atoms. The van der Waals surface area contributed by atoms with E-state index in [-0.39, 0.29) is 0 Å². The first-order valence-corrected chi connectivity index (χ1v) is 6.37. The van der Waals surface area contributed by atoms with E-state index >= 15 is 0 Å². The number of ether oxygens (including phenoxy) is 1. The van der Waals surface area contributed by atoms with Gasteiger partial charge in [0.2, 0.25) is 0 Å². The first kappa shape index (κ1) is 21.5. The minimum Gasteiger partial charge on any atom is -0.457 e. The summed E-state index contributed by atoms with van der Waals surface area (Å²) in [7, 11) is 0. The van der Waals surface area contributed by atoms with Crippen LogP contribution in [0.25, 0.3) is 0 Å².